The van der Waals surface area contributed by atoms with E-state index in [0.717, 1.165) is 11.6 Å². The first-order valence-corrected chi connectivity index (χ1v) is 7.02. The summed E-state index contributed by atoms with van der Waals surface area (Å²) in [4.78, 5) is 31.4. The van der Waals surface area contributed by atoms with E-state index in [1.165, 1.54) is 0 Å². The van der Waals surface area contributed by atoms with Crippen LogP contribution in [0.3, 0.4) is 0 Å². The van der Waals surface area contributed by atoms with Gasteiger partial charge in [-0.2, -0.15) is 0 Å². The van der Waals surface area contributed by atoms with Crippen molar-refractivity contribution in [1.82, 2.24) is 9.96 Å². The Balaban J connectivity index is 1.80. The summed E-state index contributed by atoms with van der Waals surface area (Å²) in [6.45, 7) is 4.96. The van der Waals surface area contributed by atoms with E-state index in [0.29, 0.717) is 30.9 Å². The minimum atomic E-state index is -0.396. The molecule has 1 aromatic rings. The summed E-state index contributed by atoms with van der Waals surface area (Å²) >= 11 is 0. The molecule has 114 valence electrons. The lowest BCUT2D eigenvalue weighted by Gasteiger charge is -2.18. The van der Waals surface area contributed by atoms with Crippen molar-refractivity contribution >= 4 is 11.8 Å². The zero-order valence-corrected chi connectivity index (χ0v) is 12.4. The molecule has 1 aliphatic heterocycles. The number of imide groups is 1. The number of hydrogen-bond donors (Lipinski definition) is 0. The Bertz CT molecular complexity index is 483. The standard InChI is InChI=1S/C15H20N2O4/c1-3-20-10-8-16(2)9-11-21-17-14(18)12-6-4-5-7-13(12)15(17)19/h4-7H,3,8-11H2,1-2H3. The number of benzene rings is 1. The number of rotatable bonds is 8. The number of nitrogens with zero attached hydrogens (tertiary/aromatic N) is 2. The molecular formula is C15H20N2O4. The number of hydroxylamine groups is 2. The highest BCUT2D eigenvalue weighted by atomic mass is 16.7. The van der Waals surface area contributed by atoms with E-state index in [4.69, 9.17) is 9.57 Å². The number of hydrogen-bond acceptors (Lipinski definition) is 5. The van der Waals surface area contributed by atoms with Gasteiger partial charge < -0.3 is 9.64 Å². The zero-order valence-electron chi connectivity index (χ0n) is 12.4. The summed E-state index contributed by atoms with van der Waals surface area (Å²) in [5.74, 6) is -0.792. The van der Waals surface area contributed by atoms with Crippen molar-refractivity contribution in [3.8, 4) is 0 Å². The van der Waals surface area contributed by atoms with E-state index in [1.54, 1.807) is 24.3 Å². The maximum Gasteiger partial charge on any atom is 0.285 e. The molecule has 2 rings (SSSR count). The number of amides is 2. The molecular weight excluding hydrogens is 272 g/mol. The fourth-order valence-corrected chi connectivity index (χ4v) is 2.05. The third-order valence-electron chi connectivity index (χ3n) is 3.27. The van der Waals surface area contributed by atoms with Gasteiger partial charge in [0.05, 0.1) is 24.3 Å². The van der Waals surface area contributed by atoms with Gasteiger partial charge in [-0.15, -0.1) is 5.06 Å². The summed E-state index contributed by atoms with van der Waals surface area (Å²) in [7, 11) is 1.94. The predicted octanol–water partition coefficient (Wildman–Crippen LogP) is 1.18. The minimum absolute atomic E-state index is 0.272. The average Bonchev–Trinajstić information content (AvgIpc) is 2.73. The highest BCUT2D eigenvalue weighted by Crippen LogP contribution is 2.22. The van der Waals surface area contributed by atoms with Gasteiger partial charge in [-0.05, 0) is 26.1 Å². The van der Waals surface area contributed by atoms with E-state index in [2.05, 4.69) is 0 Å². The van der Waals surface area contributed by atoms with Gasteiger partial charge in [0.25, 0.3) is 11.8 Å². The Morgan fingerprint density at radius 3 is 2.19 bits per heavy atom. The number of ether oxygens (including phenoxy) is 1. The van der Waals surface area contributed by atoms with Crippen LogP contribution in [0.15, 0.2) is 24.3 Å². The monoisotopic (exact) mass is 292 g/mol. The Morgan fingerprint density at radius 2 is 1.62 bits per heavy atom. The second kappa shape index (κ2) is 7.31. The van der Waals surface area contributed by atoms with Gasteiger partial charge in [0.2, 0.25) is 0 Å². The number of likely N-dealkylation sites (N-methyl/N-ethyl adjacent to an activating group) is 1. The molecule has 1 aliphatic rings. The van der Waals surface area contributed by atoms with Gasteiger partial charge in [-0.3, -0.25) is 14.4 Å². The lowest BCUT2D eigenvalue weighted by molar-refractivity contribution is -0.0952. The van der Waals surface area contributed by atoms with E-state index >= 15 is 0 Å². The van der Waals surface area contributed by atoms with Crippen molar-refractivity contribution in [2.24, 2.45) is 0 Å². The van der Waals surface area contributed by atoms with E-state index < -0.39 is 11.8 Å². The van der Waals surface area contributed by atoms with Crippen LogP contribution in [0.25, 0.3) is 0 Å². The number of fused-ring (bicyclic) bond motifs is 1. The number of carbonyl (C=O) groups is 2. The second-order valence-electron chi connectivity index (χ2n) is 4.78. The van der Waals surface area contributed by atoms with Crippen LogP contribution in [-0.2, 0) is 9.57 Å². The summed E-state index contributed by atoms with van der Waals surface area (Å²) in [5.41, 5.74) is 0.791. The smallest absolute Gasteiger partial charge is 0.285 e. The van der Waals surface area contributed by atoms with Crippen LogP contribution in [0.4, 0.5) is 0 Å². The normalized spacial score (nSPS) is 14.1. The quantitative estimate of drug-likeness (QED) is 0.532. The van der Waals surface area contributed by atoms with Gasteiger partial charge in [0.15, 0.2) is 0 Å². The second-order valence-corrected chi connectivity index (χ2v) is 4.78. The Kier molecular flexibility index (Phi) is 5.44. The van der Waals surface area contributed by atoms with Gasteiger partial charge in [0, 0.05) is 19.7 Å². The van der Waals surface area contributed by atoms with Crippen LogP contribution in [-0.4, -0.2) is 61.7 Å². The first-order chi connectivity index (χ1) is 10.1. The van der Waals surface area contributed by atoms with Crippen molar-refractivity contribution in [3.63, 3.8) is 0 Å². The molecule has 0 radical (unpaired) electrons. The van der Waals surface area contributed by atoms with Crippen molar-refractivity contribution in [1.29, 1.82) is 0 Å². The molecule has 0 saturated heterocycles. The Hall–Kier alpha value is -1.76. The predicted molar refractivity (Wildman–Crippen MR) is 76.9 cm³/mol. The lowest BCUT2D eigenvalue weighted by Crippen LogP contribution is -2.34. The van der Waals surface area contributed by atoms with Crippen molar-refractivity contribution in [3.05, 3.63) is 35.4 Å². The summed E-state index contributed by atoms with van der Waals surface area (Å²) in [5, 5.41) is 0.848. The molecule has 0 spiro atoms. The molecule has 0 unspecified atom stereocenters. The molecule has 0 aromatic heterocycles. The topological polar surface area (TPSA) is 59.1 Å². The molecule has 6 heteroatoms. The highest BCUT2D eigenvalue weighted by molar-refractivity contribution is 6.20. The third kappa shape index (κ3) is 3.66. The molecule has 21 heavy (non-hydrogen) atoms. The Labute approximate surface area is 124 Å². The van der Waals surface area contributed by atoms with Crippen LogP contribution in [0, 0.1) is 0 Å². The molecule has 2 amide bonds. The zero-order chi connectivity index (χ0) is 15.2. The molecule has 0 fully saturated rings. The summed E-state index contributed by atoms with van der Waals surface area (Å²) in [6, 6.07) is 6.73. The maximum absolute atomic E-state index is 12.0. The van der Waals surface area contributed by atoms with Gasteiger partial charge in [-0.1, -0.05) is 12.1 Å². The van der Waals surface area contributed by atoms with Crippen molar-refractivity contribution in [2.75, 3.05) is 40.0 Å². The first-order valence-electron chi connectivity index (χ1n) is 7.02. The average molecular weight is 292 g/mol. The van der Waals surface area contributed by atoms with Crippen LogP contribution in [0.1, 0.15) is 27.6 Å². The van der Waals surface area contributed by atoms with E-state index in [9.17, 15) is 9.59 Å². The summed E-state index contributed by atoms with van der Waals surface area (Å²) < 4.78 is 5.26. The van der Waals surface area contributed by atoms with Gasteiger partial charge in [0.1, 0.15) is 0 Å². The van der Waals surface area contributed by atoms with E-state index in [-0.39, 0.29) is 6.61 Å². The van der Waals surface area contributed by atoms with Crippen LogP contribution >= 0.6 is 0 Å². The molecule has 0 aliphatic carbocycles. The molecule has 1 aromatic carbocycles. The fourth-order valence-electron chi connectivity index (χ4n) is 2.05. The molecule has 0 N–H and O–H groups in total. The number of carbonyl (C=O) groups excluding carboxylic acids is 2. The fraction of sp³-hybridized carbons (Fsp3) is 0.467. The largest absolute Gasteiger partial charge is 0.380 e. The summed E-state index contributed by atoms with van der Waals surface area (Å²) in [6.07, 6.45) is 0. The minimum Gasteiger partial charge on any atom is -0.380 e. The van der Waals surface area contributed by atoms with Gasteiger partial charge >= 0.3 is 0 Å². The SMILES string of the molecule is CCOCCN(C)CCON1C(=O)c2ccccc2C1=O. The van der Waals surface area contributed by atoms with Crippen LogP contribution < -0.4 is 0 Å². The van der Waals surface area contributed by atoms with Crippen LogP contribution in [0.5, 0.6) is 0 Å². The maximum atomic E-state index is 12.0. The van der Waals surface area contributed by atoms with Crippen molar-refractivity contribution < 1.29 is 19.2 Å². The molecule has 0 bridgehead atoms. The third-order valence-corrected chi connectivity index (χ3v) is 3.27. The Morgan fingerprint density at radius 1 is 1.05 bits per heavy atom. The first kappa shape index (κ1) is 15.6. The van der Waals surface area contributed by atoms with E-state index in [1.807, 2.05) is 18.9 Å². The molecule has 0 atom stereocenters. The molecule has 6 nitrogen and oxygen atoms in total. The lowest BCUT2D eigenvalue weighted by atomic mass is 10.1. The van der Waals surface area contributed by atoms with Crippen molar-refractivity contribution in [2.45, 2.75) is 6.92 Å². The molecule has 0 saturated carbocycles. The molecule has 1 heterocycles. The highest BCUT2D eigenvalue weighted by Gasteiger charge is 2.36. The van der Waals surface area contributed by atoms with Crippen LogP contribution in [0.2, 0.25) is 0 Å². The van der Waals surface area contributed by atoms with Gasteiger partial charge in [-0.25, -0.2) is 0 Å².